The molecule has 0 saturated heterocycles. The van der Waals surface area contributed by atoms with Gasteiger partial charge in [-0.3, -0.25) is 10.0 Å². The highest BCUT2D eigenvalue weighted by atomic mass is 16.5. The van der Waals surface area contributed by atoms with E-state index in [-0.39, 0.29) is 0 Å². The van der Waals surface area contributed by atoms with E-state index in [1.165, 1.54) is 5.69 Å². The number of carbonyl (C=O) groups is 1. The number of hydrogen-bond donors (Lipinski definition) is 2. The van der Waals surface area contributed by atoms with E-state index >= 15 is 0 Å². The Balaban J connectivity index is 2.09. The second kappa shape index (κ2) is 3.21. The molecule has 1 aromatic heterocycles. The Morgan fingerprint density at radius 3 is 3.06 bits per heavy atom. The quantitative estimate of drug-likeness (QED) is 0.478. The van der Waals surface area contributed by atoms with Gasteiger partial charge in [0, 0.05) is 29.6 Å². The van der Waals surface area contributed by atoms with Crippen LogP contribution in [0.15, 0.2) is 36.5 Å². The van der Waals surface area contributed by atoms with E-state index in [0.29, 0.717) is 5.56 Å². The highest BCUT2D eigenvalue weighted by Gasteiger charge is 2.18. The van der Waals surface area contributed by atoms with Gasteiger partial charge >= 0.3 is 0 Å². The Hall–Kier alpha value is -2.07. The van der Waals surface area contributed by atoms with Crippen LogP contribution >= 0.6 is 0 Å². The monoisotopic (exact) mass is 214 g/mol. The molecular weight excluding hydrogens is 204 g/mol. The molecule has 0 saturated carbocycles. The number of rotatable bonds is 1. The highest BCUT2D eigenvalue weighted by molar-refractivity contribution is 5.94. The van der Waals surface area contributed by atoms with Crippen LogP contribution in [0.5, 0.6) is 0 Å². The van der Waals surface area contributed by atoms with Gasteiger partial charge in [0.15, 0.2) is 0 Å². The molecule has 1 aliphatic rings. The summed E-state index contributed by atoms with van der Waals surface area (Å²) in [7, 11) is 0. The van der Waals surface area contributed by atoms with Crippen molar-refractivity contribution < 1.29 is 10.0 Å². The van der Waals surface area contributed by atoms with Crippen molar-refractivity contribution in [3.63, 3.8) is 0 Å². The van der Waals surface area contributed by atoms with Crippen molar-refractivity contribution in [2.75, 3.05) is 0 Å². The molecule has 0 aliphatic carbocycles. The molecule has 0 spiro atoms. The molecule has 4 heteroatoms. The second-order valence-electron chi connectivity index (χ2n) is 3.83. The number of carbonyl (C=O) groups excluding carboxylic acids is 1. The van der Waals surface area contributed by atoms with Gasteiger partial charge in [-0.2, -0.15) is 0 Å². The largest absolute Gasteiger partial charge is 0.343 e. The fourth-order valence-corrected chi connectivity index (χ4v) is 2.16. The van der Waals surface area contributed by atoms with Gasteiger partial charge in [0.05, 0.1) is 0 Å². The normalized spacial score (nSPS) is 12.1. The Kier molecular flexibility index (Phi) is 1.84. The number of aromatic nitrogens is 1. The fourth-order valence-electron chi connectivity index (χ4n) is 2.16. The van der Waals surface area contributed by atoms with Crippen LogP contribution in [-0.2, 0) is 6.54 Å². The molecule has 0 bridgehead atoms. The van der Waals surface area contributed by atoms with Gasteiger partial charge in [0.2, 0.25) is 0 Å². The molecule has 0 unspecified atom stereocenters. The summed E-state index contributed by atoms with van der Waals surface area (Å²) in [5.74, 6) is -0.473. The zero-order valence-corrected chi connectivity index (χ0v) is 8.47. The van der Waals surface area contributed by atoms with Gasteiger partial charge in [-0.1, -0.05) is 6.07 Å². The van der Waals surface area contributed by atoms with Gasteiger partial charge in [-0.15, -0.1) is 0 Å². The van der Waals surface area contributed by atoms with E-state index in [1.54, 1.807) is 11.5 Å². The third-order valence-electron chi connectivity index (χ3n) is 2.92. The summed E-state index contributed by atoms with van der Waals surface area (Å²) in [4.78, 5) is 11.3. The number of amides is 1. The van der Waals surface area contributed by atoms with E-state index in [4.69, 9.17) is 5.21 Å². The minimum absolute atomic E-state index is 0.473. The maximum Gasteiger partial charge on any atom is 0.274 e. The van der Waals surface area contributed by atoms with Crippen LogP contribution in [0, 0.1) is 0 Å². The van der Waals surface area contributed by atoms with Crippen LogP contribution in [0.3, 0.4) is 0 Å². The number of benzene rings is 1. The first-order chi connectivity index (χ1) is 7.79. The first-order valence-electron chi connectivity index (χ1n) is 5.02. The number of nitrogens with one attached hydrogen (secondary N) is 1. The topological polar surface area (TPSA) is 54.3 Å². The number of hydroxylamine groups is 1. The molecule has 80 valence electrons. The summed E-state index contributed by atoms with van der Waals surface area (Å²) in [5, 5.41) is 8.57. The summed E-state index contributed by atoms with van der Waals surface area (Å²) in [6.07, 6.45) is 2.02. The van der Waals surface area contributed by atoms with Crippen molar-refractivity contribution in [2.24, 2.45) is 0 Å². The van der Waals surface area contributed by atoms with Crippen molar-refractivity contribution in [2.45, 2.75) is 6.54 Å². The predicted octanol–water partition coefficient (Wildman–Crippen LogP) is 1.64. The molecule has 1 amide bonds. The van der Waals surface area contributed by atoms with Crippen molar-refractivity contribution in [1.82, 2.24) is 10.0 Å². The number of nitrogens with zero attached hydrogens (tertiary/aromatic N) is 1. The molecule has 16 heavy (non-hydrogen) atoms. The van der Waals surface area contributed by atoms with Crippen LogP contribution < -0.4 is 5.48 Å². The van der Waals surface area contributed by atoms with Crippen LogP contribution in [0.1, 0.15) is 15.9 Å². The standard InChI is InChI=1S/C12H10N2O2/c15-12(13-16)8-3-4-10-9(6-8)7-14-5-1-2-11(10)14/h1-6,16H,7H2,(H,13,15). The van der Waals surface area contributed by atoms with Gasteiger partial charge in [0.1, 0.15) is 0 Å². The molecule has 2 heterocycles. The molecule has 0 atom stereocenters. The zero-order chi connectivity index (χ0) is 11.1. The number of hydrogen-bond acceptors (Lipinski definition) is 2. The molecule has 4 nitrogen and oxygen atoms in total. The summed E-state index contributed by atoms with van der Waals surface area (Å²) in [6.45, 7) is 0.782. The Morgan fingerprint density at radius 2 is 2.25 bits per heavy atom. The Bertz CT molecular complexity index is 572. The average molecular weight is 214 g/mol. The lowest BCUT2D eigenvalue weighted by molar-refractivity contribution is 0.0706. The lowest BCUT2D eigenvalue weighted by Crippen LogP contribution is -2.18. The van der Waals surface area contributed by atoms with Gasteiger partial charge in [-0.05, 0) is 29.8 Å². The van der Waals surface area contributed by atoms with Crippen LogP contribution in [0.4, 0.5) is 0 Å². The van der Waals surface area contributed by atoms with E-state index < -0.39 is 5.91 Å². The van der Waals surface area contributed by atoms with Crippen molar-refractivity contribution in [3.8, 4) is 11.3 Å². The third-order valence-corrected chi connectivity index (χ3v) is 2.92. The molecule has 3 rings (SSSR count). The average Bonchev–Trinajstić information content (AvgIpc) is 2.86. The SMILES string of the molecule is O=C(NO)c1ccc2c(c1)Cn1cccc1-2. The molecule has 2 N–H and O–H groups in total. The molecular formula is C12H10N2O2. The molecule has 0 fully saturated rings. The summed E-state index contributed by atoms with van der Waals surface area (Å²) >= 11 is 0. The first kappa shape index (κ1) is 9.18. The predicted molar refractivity (Wildman–Crippen MR) is 58.2 cm³/mol. The molecule has 1 aromatic carbocycles. The Labute approximate surface area is 92.1 Å². The molecule has 0 radical (unpaired) electrons. The van der Waals surface area contributed by atoms with Crippen molar-refractivity contribution in [1.29, 1.82) is 0 Å². The van der Waals surface area contributed by atoms with E-state index in [0.717, 1.165) is 17.7 Å². The zero-order valence-electron chi connectivity index (χ0n) is 8.47. The maximum atomic E-state index is 11.3. The maximum absolute atomic E-state index is 11.3. The summed E-state index contributed by atoms with van der Waals surface area (Å²) in [6, 6.07) is 9.50. The third kappa shape index (κ3) is 1.17. The van der Waals surface area contributed by atoms with Crippen LogP contribution in [0.2, 0.25) is 0 Å². The lowest BCUT2D eigenvalue weighted by atomic mass is 10.0. The van der Waals surface area contributed by atoms with E-state index in [2.05, 4.69) is 10.6 Å². The highest BCUT2D eigenvalue weighted by Crippen LogP contribution is 2.32. The molecule has 2 aromatic rings. The summed E-state index contributed by atoms with van der Waals surface area (Å²) < 4.78 is 2.13. The smallest absolute Gasteiger partial charge is 0.274 e. The second-order valence-corrected chi connectivity index (χ2v) is 3.83. The fraction of sp³-hybridized carbons (Fsp3) is 0.0833. The lowest BCUT2D eigenvalue weighted by Gasteiger charge is -2.02. The Morgan fingerprint density at radius 1 is 1.38 bits per heavy atom. The van der Waals surface area contributed by atoms with Gasteiger partial charge < -0.3 is 4.57 Å². The summed E-state index contributed by atoms with van der Waals surface area (Å²) in [5.41, 5.74) is 5.55. The minimum Gasteiger partial charge on any atom is -0.343 e. The van der Waals surface area contributed by atoms with Gasteiger partial charge in [-0.25, -0.2) is 5.48 Å². The number of fused-ring (bicyclic) bond motifs is 3. The molecule has 1 aliphatic heterocycles. The van der Waals surface area contributed by atoms with Crippen LogP contribution in [0.25, 0.3) is 11.3 Å². The van der Waals surface area contributed by atoms with E-state index in [1.807, 2.05) is 24.4 Å². The van der Waals surface area contributed by atoms with Gasteiger partial charge in [0.25, 0.3) is 5.91 Å². The van der Waals surface area contributed by atoms with E-state index in [9.17, 15) is 4.79 Å². The minimum atomic E-state index is -0.473. The van der Waals surface area contributed by atoms with Crippen LogP contribution in [-0.4, -0.2) is 15.7 Å². The first-order valence-corrected chi connectivity index (χ1v) is 5.02. The van der Waals surface area contributed by atoms with Crippen molar-refractivity contribution in [3.05, 3.63) is 47.7 Å². The van der Waals surface area contributed by atoms with Crippen molar-refractivity contribution >= 4 is 5.91 Å².